The monoisotopic (exact) mass is 407 g/mol. The Hall–Kier alpha value is -2.09. The van der Waals surface area contributed by atoms with Gasteiger partial charge in [0.05, 0.1) is 11.8 Å². The van der Waals surface area contributed by atoms with E-state index in [1.165, 1.54) is 30.2 Å². The molecule has 2 aliphatic heterocycles. The standard InChI is InChI=1S/C21H28F3N5/c1-3-29-16(2)17(13-26-29)15-28-10-4-7-20(28)8-11-27(12-9-20)19-6-5-18(14-25-19)21(22,23)24/h5-6,13-14H,3-4,7-12,15H2,1-2H3. The Morgan fingerprint density at radius 1 is 1.07 bits per heavy atom. The highest BCUT2D eigenvalue weighted by atomic mass is 19.4. The number of anilines is 1. The molecule has 0 radical (unpaired) electrons. The lowest BCUT2D eigenvalue weighted by atomic mass is 9.84. The first-order valence-electron chi connectivity index (χ1n) is 10.4. The van der Waals surface area contributed by atoms with Gasteiger partial charge in [0.25, 0.3) is 0 Å². The van der Waals surface area contributed by atoms with E-state index in [1.807, 2.05) is 10.9 Å². The zero-order valence-corrected chi connectivity index (χ0v) is 17.0. The van der Waals surface area contributed by atoms with Gasteiger partial charge in [-0.25, -0.2) is 4.98 Å². The molecule has 2 fully saturated rings. The molecule has 2 aromatic rings. The Kier molecular flexibility index (Phi) is 5.31. The number of hydrogen-bond donors (Lipinski definition) is 0. The topological polar surface area (TPSA) is 37.2 Å². The number of nitrogens with zero attached hydrogens (tertiary/aromatic N) is 5. The third kappa shape index (κ3) is 3.86. The van der Waals surface area contributed by atoms with Crippen LogP contribution < -0.4 is 4.90 Å². The van der Waals surface area contributed by atoms with E-state index in [4.69, 9.17) is 0 Å². The second-order valence-electron chi connectivity index (χ2n) is 8.21. The number of aromatic nitrogens is 3. The molecule has 0 aliphatic carbocycles. The second kappa shape index (κ2) is 7.63. The zero-order chi connectivity index (χ0) is 20.6. The van der Waals surface area contributed by atoms with Crippen LogP contribution in [0.3, 0.4) is 0 Å². The van der Waals surface area contributed by atoms with Crippen molar-refractivity contribution in [1.82, 2.24) is 19.7 Å². The Morgan fingerprint density at radius 3 is 2.41 bits per heavy atom. The fourth-order valence-corrected chi connectivity index (χ4v) is 4.86. The lowest BCUT2D eigenvalue weighted by Crippen LogP contribution is -2.52. The largest absolute Gasteiger partial charge is 0.417 e. The van der Waals surface area contributed by atoms with Gasteiger partial charge in [0.1, 0.15) is 5.82 Å². The number of halogens is 3. The van der Waals surface area contributed by atoms with Crippen LogP contribution in [-0.4, -0.2) is 44.8 Å². The molecule has 0 N–H and O–H groups in total. The van der Waals surface area contributed by atoms with Gasteiger partial charge in [-0.15, -0.1) is 0 Å². The summed E-state index contributed by atoms with van der Waals surface area (Å²) in [5.41, 5.74) is 2.02. The van der Waals surface area contributed by atoms with Gasteiger partial charge in [-0.1, -0.05) is 0 Å². The molecule has 8 heteroatoms. The Labute approximate surface area is 169 Å². The first kappa shape index (κ1) is 20.2. The Bertz CT molecular complexity index is 835. The molecular formula is C21H28F3N5. The van der Waals surface area contributed by atoms with Crippen LogP contribution in [-0.2, 0) is 19.3 Å². The average molecular weight is 407 g/mol. The van der Waals surface area contributed by atoms with E-state index >= 15 is 0 Å². The predicted octanol–water partition coefficient (Wildman–Crippen LogP) is 4.26. The van der Waals surface area contributed by atoms with E-state index in [0.29, 0.717) is 5.82 Å². The molecule has 0 amide bonds. The summed E-state index contributed by atoms with van der Waals surface area (Å²) in [6, 6.07) is 2.62. The minimum absolute atomic E-state index is 0.184. The van der Waals surface area contributed by atoms with Crippen molar-refractivity contribution in [2.24, 2.45) is 0 Å². The summed E-state index contributed by atoms with van der Waals surface area (Å²) < 4.78 is 40.4. The van der Waals surface area contributed by atoms with Crippen LogP contribution in [0.1, 0.15) is 49.4 Å². The van der Waals surface area contributed by atoms with E-state index in [0.717, 1.165) is 57.8 Å². The number of alkyl halides is 3. The minimum Gasteiger partial charge on any atom is -0.356 e. The summed E-state index contributed by atoms with van der Waals surface area (Å²) in [4.78, 5) is 8.79. The summed E-state index contributed by atoms with van der Waals surface area (Å²) >= 11 is 0. The smallest absolute Gasteiger partial charge is 0.356 e. The summed E-state index contributed by atoms with van der Waals surface area (Å²) in [7, 11) is 0. The van der Waals surface area contributed by atoms with Crippen LogP contribution in [0.15, 0.2) is 24.5 Å². The van der Waals surface area contributed by atoms with Crippen LogP contribution in [0, 0.1) is 6.92 Å². The highest BCUT2D eigenvalue weighted by molar-refractivity contribution is 5.41. The van der Waals surface area contributed by atoms with E-state index < -0.39 is 11.7 Å². The van der Waals surface area contributed by atoms with E-state index in [-0.39, 0.29) is 5.54 Å². The molecule has 2 aromatic heterocycles. The molecule has 158 valence electrons. The molecule has 2 aliphatic rings. The van der Waals surface area contributed by atoms with Gasteiger partial charge in [0.2, 0.25) is 0 Å². The van der Waals surface area contributed by atoms with Crippen molar-refractivity contribution in [2.75, 3.05) is 24.5 Å². The lowest BCUT2D eigenvalue weighted by molar-refractivity contribution is -0.137. The van der Waals surface area contributed by atoms with Crippen LogP contribution in [0.5, 0.6) is 0 Å². The fourth-order valence-electron chi connectivity index (χ4n) is 4.86. The van der Waals surface area contributed by atoms with Crippen molar-refractivity contribution in [1.29, 1.82) is 0 Å². The number of pyridine rings is 1. The van der Waals surface area contributed by atoms with Crippen molar-refractivity contribution < 1.29 is 13.2 Å². The molecule has 0 saturated carbocycles. The van der Waals surface area contributed by atoms with E-state index in [2.05, 4.69) is 33.7 Å². The first-order valence-corrected chi connectivity index (χ1v) is 10.4. The van der Waals surface area contributed by atoms with Crippen molar-refractivity contribution in [3.05, 3.63) is 41.3 Å². The number of rotatable bonds is 4. The number of piperidine rings is 1. The molecule has 5 nitrogen and oxygen atoms in total. The zero-order valence-electron chi connectivity index (χ0n) is 17.0. The first-order chi connectivity index (χ1) is 13.8. The van der Waals surface area contributed by atoms with Gasteiger partial charge in [-0.3, -0.25) is 9.58 Å². The number of hydrogen-bond acceptors (Lipinski definition) is 4. The number of aryl methyl sites for hydroxylation is 1. The molecule has 0 atom stereocenters. The summed E-state index contributed by atoms with van der Waals surface area (Å²) in [6.07, 6.45) is 2.99. The van der Waals surface area contributed by atoms with Crippen LogP contribution >= 0.6 is 0 Å². The van der Waals surface area contributed by atoms with Gasteiger partial charge >= 0.3 is 6.18 Å². The Balaban J connectivity index is 1.42. The SMILES string of the molecule is CCn1ncc(CN2CCCC23CCN(c2ccc(C(F)(F)F)cn2)CC3)c1C. The van der Waals surface area contributed by atoms with Crippen LogP contribution in [0.25, 0.3) is 0 Å². The van der Waals surface area contributed by atoms with Crippen LogP contribution in [0.2, 0.25) is 0 Å². The predicted molar refractivity (Wildman–Crippen MR) is 106 cm³/mol. The summed E-state index contributed by atoms with van der Waals surface area (Å²) in [6.45, 7) is 8.77. The quantitative estimate of drug-likeness (QED) is 0.759. The minimum atomic E-state index is -4.34. The lowest BCUT2D eigenvalue weighted by Gasteiger charge is -2.45. The highest BCUT2D eigenvalue weighted by Gasteiger charge is 2.43. The molecule has 0 bridgehead atoms. The molecule has 29 heavy (non-hydrogen) atoms. The Morgan fingerprint density at radius 2 is 1.83 bits per heavy atom. The normalized spacial score (nSPS) is 20.0. The van der Waals surface area contributed by atoms with Gasteiger partial charge in [-0.05, 0) is 58.2 Å². The van der Waals surface area contributed by atoms with E-state index in [9.17, 15) is 13.2 Å². The molecule has 1 spiro atoms. The molecule has 0 unspecified atom stereocenters. The maximum atomic E-state index is 12.8. The summed E-state index contributed by atoms with van der Waals surface area (Å²) in [5, 5.41) is 4.48. The van der Waals surface area contributed by atoms with Gasteiger partial charge in [0.15, 0.2) is 0 Å². The fraction of sp³-hybridized carbons (Fsp3) is 0.619. The maximum absolute atomic E-state index is 12.8. The number of likely N-dealkylation sites (tertiary alicyclic amines) is 1. The molecule has 4 rings (SSSR count). The van der Waals surface area contributed by atoms with E-state index in [1.54, 1.807) is 0 Å². The third-order valence-electron chi connectivity index (χ3n) is 6.70. The van der Waals surface area contributed by atoms with Gasteiger partial charge in [-0.2, -0.15) is 18.3 Å². The van der Waals surface area contributed by atoms with Gasteiger partial charge < -0.3 is 4.90 Å². The van der Waals surface area contributed by atoms with Crippen molar-refractivity contribution in [3.8, 4) is 0 Å². The maximum Gasteiger partial charge on any atom is 0.417 e. The van der Waals surface area contributed by atoms with Gasteiger partial charge in [0, 0.05) is 49.2 Å². The molecule has 4 heterocycles. The average Bonchev–Trinajstić information content (AvgIpc) is 3.26. The van der Waals surface area contributed by atoms with Crippen molar-refractivity contribution in [2.45, 2.75) is 64.3 Å². The van der Waals surface area contributed by atoms with Crippen LogP contribution in [0.4, 0.5) is 19.0 Å². The second-order valence-corrected chi connectivity index (χ2v) is 8.21. The molecule has 0 aromatic carbocycles. The van der Waals surface area contributed by atoms with Crippen molar-refractivity contribution >= 4 is 5.82 Å². The molecular weight excluding hydrogens is 379 g/mol. The summed E-state index contributed by atoms with van der Waals surface area (Å²) in [5.74, 6) is 0.637. The third-order valence-corrected chi connectivity index (χ3v) is 6.70. The highest BCUT2D eigenvalue weighted by Crippen LogP contribution is 2.40. The molecule has 2 saturated heterocycles. The van der Waals surface area contributed by atoms with Crippen molar-refractivity contribution in [3.63, 3.8) is 0 Å².